The van der Waals surface area contributed by atoms with E-state index in [2.05, 4.69) is 44.7 Å². The van der Waals surface area contributed by atoms with Crippen LogP contribution in [-0.4, -0.2) is 7.11 Å². The lowest BCUT2D eigenvalue weighted by molar-refractivity contribution is 0.0618. The summed E-state index contributed by atoms with van der Waals surface area (Å²) in [5.41, 5.74) is 1.49. The van der Waals surface area contributed by atoms with Crippen LogP contribution >= 0.6 is 0 Å². The van der Waals surface area contributed by atoms with Gasteiger partial charge in [-0.15, -0.1) is 6.58 Å². The molecule has 1 heteroatoms. The Balaban J connectivity index is 2.73. The highest BCUT2D eigenvalue weighted by molar-refractivity contribution is 5.17. The van der Waals surface area contributed by atoms with Crippen molar-refractivity contribution in [3.63, 3.8) is 0 Å². The minimum absolute atomic E-state index is 0.177. The van der Waals surface area contributed by atoms with Gasteiger partial charge >= 0.3 is 0 Å². The molecule has 0 aliphatic rings. The van der Waals surface area contributed by atoms with Gasteiger partial charge in [0.1, 0.15) is 0 Å². The SMILES string of the molecule is C=CCC(C)(C)C[C@@H](OC)c1ccccc1. The van der Waals surface area contributed by atoms with Gasteiger partial charge in [-0.3, -0.25) is 0 Å². The topological polar surface area (TPSA) is 9.23 Å². The van der Waals surface area contributed by atoms with E-state index in [1.165, 1.54) is 5.56 Å². The highest BCUT2D eigenvalue weighted by Crippen LogP contribution is 2.34. The number of rotatable bonds is 6. The Morgan fingerprint density at radius 2 is 1.94 bits per heavy atom. The summed E-state index contributed by atoms with van der Waals surface area (Å²) in [7, 11) is 1.78. The summed E-state index contributed by atoms with van der Waals surface area (Å²) >= 11 is 0. The molecule has 0 amide bonds. The predicted molar refractivity (Wildman–Crippen MR) is 69.4 cm³/mol. The van der Waals surface area contributed by atoms with Crippen LogP contribution in [0.4, 0.5) is 0 Å². The smallest absolute Gasteiger partial charge is 0.0826 e. The van der Waals surface area contributed by atoms with Crippen molar-refractivity contribution in [2.45, 2.75) is 32.8 Å². The molecule has 0 N–H and O–H groups in total. The molecule has 1 atom stereocenters. The molecular weight excluding hydrogens is 196 g/mol. The van der Waals surface area contributed by atoms with Crippen LogP contribution < -0.4 is 0 Å². The standard InChI is InChI=1S/C15H22O/c1-5-11-15(2,3)12-14(16-4)13-9-7-6-8-10-13/h5-10,14H,1,11-12H2,2-4H3/t14-/m1/s1. The molecule has 1 rings (SSSR count). The van der Waals surface area contributed by atoms with E-state index >= 15 is 0 Å². The molecule has 1 aromatic carbocycles. The van der Waals surface area contributed by atoms with Crippen molar-refractivity contribution in [1.82, 2.24) is 0 Å². The number of allylic oxidation sites excluding steroid dienone is 1. The first-order valence-electron chi connectivity index (χ1n) is 5.78. The molecule has 0 spiro atoms. The number of ether oxygens (including phenoxy) is 1. The summed E-state index contributed by atoms with van der Waals surface area (Å²) in [6.07, 6.45) is 4.19. The van der Waals surface area contributed by atoms with E-state index in [9.17, 15) is 0 Å². The monoisotopic (exact) mass is 218 g/mol. The Bertz CT molecular complexity index is 313. The Kier molecular flexibility index (Phi) is 4.75. The average Bonchev–Trinajstić information content (AvgIpc) is 2.27. The largest absolute Gasteiger partial charge is 0.377 e. The zero-order chi connectivity index (χ0) is 12.0. The summed E-state index contributed by atoms with van der Waals surface area (Å²) in [4.78, 5) is 0. The normalized spacial score (nSPS) is 13.4. The Hall–Kier alpha value is -1.08. The third-order valence-corrected chi connectivity index (χ3v) is 2.89. The molecule has 0 aromatic heterocycles. The van der Waals surface area contributed by atoms with Crippen LogP contribution in [0.15, 0.2) is 43.0 Å². The zero-order valence-corrected chi connectivity index (χ0v) is 10.6. The van der Waals surface area contributed by atoms with Gasteiger partial charge in [0.05, 0.1) is 6.10 Å². The molecule has 0 saturated heterocycles. The Morgan fingerprint density at radius 3 is 2.44 bits per heavy atom. The molecule has 0 fully saturated rings. The van der Waals surface area contributed by atoms with Crippen LogP contribution in [0, 0.1) is 5.41 Å². The average molecular weight is 218 g/mol. The summed E-state index contributed by atoms with van der Waals surface area (Å²) in [5.74, 6) is 0. The van der Waals surface area contributed by atoms with Crippen molar-refractivity contribution in [2.75, 3.05) is 7.11 Å². The second kappa shape index (κ2) is 5.86. The predicted octanol–water partition coefficient (Wildman–Crippen LogP) is 4.37. The Morgan fingerprint density at radius 1 is 1.31 bits per heavy atom. The summed E-state index contributed by atoms with van der Waals surface area (Å²) in [5, 5.41) is 0. The maximum atomic E-state index is 5.58. The van der Waals surface area contributed by atoms with E-state index in [0.717, 1.165) is 12.8 Å². The molecule has 0 saturated carbocycles. The molecule has 0 aliphatic carbocycles. The highest BCUT2D eigenvalue weighted by Gasteiger charge is 2.22. The quantitative estimate of drug-likeness (QED) is 0.644. The molecular formula is C15H22O. The van der Waals surface area contributed by atoms with Gasteiger partial charge in [0.15, 0.2) is 0 Å². The van der Waals surface area contributed by atoms with E-state index in [1.807, 2.05) is 12.1 Å². The van der Waals surface area contributed by atoms with Gasteiger partial charge in [0, 0.05) is 7.11 Å². The van der Waals surface area contributed by atoms with E-state index in [0.29, 0.717) is 0 Å². The van der Waals surface area contributed by atoms with Gasteiger partial charge in [-0.1, -0.05) is 50.3 Å². The van der Waals surface area contributed by atoms with Crippen LogP contribution in [0.5, 0.6) is 0 Å². The lowest BCUT2D eigenvalue weighted by Crippen LogP contribution is -2.16. The van der Waals surface area contributed by atoms with Gasteiger partial charge in [0.25, 0.3) is 0 Å². The molecule has 1 nitrogen and oxygen atoms in total. The highest BCUT2D eigenvalue weighted by atomic mass is 16.5. The molecule has 16 heavy (non-hydrogen) atoms. The summed E-state index contributed by atoms with van der Waals surface area (Å²) < 4.78 is 5.58. The van der Waals surface area contributed by atoms with E-state index in [-0.39, 0.29) is 11.5 Å². The molecule has 1 aromatic rings. The van der Waals surface area contributed by atoms with Crippen molar-refractivity contribution in [3.8, 4) is 0 Å². The van der Waals surface area contributed by atoms with Crippen molar-refractivity contribution < 1.29 is 4.74 Å². The maximum absolute atomic E-state index is 5.58. The van der Waals surface area contributed by atoms with Crippen molar-refractivity contribution in [3.05, 3.63) is 48.6 Å². The third-order valence-electron chi connectivity index (χ3n) is 2.89. The summed E-state index contributed by atoms with van der Waals surface area (Å²) in [6, 6.07) is 10.4. The number of benzene rings is 1. The maximum Gasteiger partial charge on any atom is 0.0826 e. The first-order valence-corrected chi connectivity index (χ1v) is 5.78. The molecule has 0 radical (unpaired) electrons. The van der Waals surface area contributed by atoms with Crippen LogP contribution in [0.3, 0.4) is 0 Å². The van der Waals surface area contributed by atoms with E-state index in [1.54, 1.807) is 7.11 Å². The van der Waals surface area contributed by atoms with Gasteiger partial charge in [-0.25, -0.2) is 0 Å². The van der Waals surface area contributed by atoms with E-state index in [4.69, 9.17) is 4.74 Å². The fraction of sp³-hybridized carbons (Fsp3) is 0.467. The lowest BCUT2D eigenvalue weighted by Gasteiger charge is -2.28. The number of methoxy groups -OCH3 is 1. The summed E-state index contributed by atoms with van der Waals surface area (Å²) in [6.45, 7) is 8.32. The minimum Gasteiger partial charge on any atom is -0.377 e. The van der Waals surface area contributed by atoms with Crippen molar-refractivity contribution >= 4 is 0 Å². The molecule has 0 aliphatic heterocycles. The van der Waals surface area contributed by atoms with Crippen molar-refractivity contribution in [1.29, 1.82) is 0 Å². The Labute approximate surface area is 99.1 Å². The fourth-order valence-corrected chi connectivity index (χ4v) is 1.98. The molecule has 0 unspecified atom stereocenters. The van der Waals surface area contributed by atoms with Crippen LogP contribution in [0.1, 0.15) is 38.4 Å². The second-order valence-corrected chi connectivity index (χ2v) is 5.00. The van der Waals surface area contributed by atoms with E-state index < -0.39 is 0 Å². The van der Waals surface area contributed by atoms with Gasteiger partial charge < -0.3 is 4.74 Å². The molecule has 0 bridgehead atoms. The number of hydrogen-bond acceptors (Lipinski definition) is 1. The fourth-order valence-electron chi connectivity index (χ4n) is 1.98. The van der Waals surface area contributed by atoms with Gasteiger partial charge in [0.2, 0.25) is 0 Å². The van der Waals surface area contributed by atoms with Crippen molar-refractivity contribution in [2.24, 2.45) is 5.41 Å². The third kappa shape index (κ3) is 3.82. The molecule has 0 heterocycles. The molecule has 88 valence electrons. The zero-order valence-electron chi connectivity index (χ0n) is 10.6. The first-order chi connectivity index (χ1) is 7.59. The van der Waals surface area contributed by atoms with Gasteiger partial charge in [-0.05, 0) is 23.8 Å². The van der Waals surface area contributed by atoms with Crippen LogP contribution in [0.2, 0.25) is 0 Å². The second-order valence-electron chi connectivity index (χ2n) is 5.00. The van der Waals surface area contributed by atoms with Crippen LogP contribution in [0.25, 0.3) is 0 Å². The number of hydrogen-bond donors (Lipinski definition) is 0. The first kappa shape index (κ1) is 13.0. The lowest BCUT2D eigenvalue weighted by atomic mass is 9.82. The van der Waals surface area contributed by atoms with Gasteiger partial charge in [-0.2, -0.15) is 0 Å². The minimum atomic E-state index is 0.177. The van der Waals surface area contributed by atoms with Crippen LogP contribution in [-0.2, 0) is 4.74 Å².